The molecular weight excluding hydrogens is 420 g/mol. The van der Waals surface area contributed by atoms with Crippen molar-refractivity contribution in [1.82, 2.24) is 19.9 Å². The van der Waals surface area contributed by atoms with Gasteiger partial charge in [0.2, 0.25) is 5.91 Å². The predicted molar refractivity (Wildman–Crippen MR) is 127 cm³/mol. The minimum atomic E-state index is -0.143. The van der Waals surface area contributed by atoms with E-state index in [-0.39, 0.29) is 11.9 Å². The largest absolute Gasteiger partial charge is 0.487 e. The van der Waals surface area contributed by atoms with Gasteiger partial charge in [0, 0.05) is 29.5 Å². The normalized spacial score (nSPS) is 12.1. The summed E-state index contributed by atoms with van der Waals surface area (Å²) < 4.78 is 7.69. The maximum Gasteiger partial charge on any atom is 0.244 e. The highest BCUT2D eigenvalue weighted by atomic mass is 32.1. The van der Waals surface area contributed by atoms with E-state index in [1.165, 1.54) is 0 Å². The molecule has 0 aliphatic carbocycles. The first kappa shape index (κ1) is 21.5. The van der Waals surface area contributed by atoms with Crippen molar-refractivity contribution in [2.75, 3.05) is 0 Å². The van der Waals surface area contributed by atoms with E-state index in [9.17, 15) is 4.79 Å². The van der Waals surface area contributed by atoms with Gasteiger partial charge in [-0.2, -0.15) is 0 Å². The molecule has 1 unspecified atom stereocenters. The zero-order chi connectivity index (χ0) is 22.3. The fourth-order valence-electron chi connectivity index (χ4n) is 3.17. The molecule has 0 saturated heterocycles. The van der Waals surface area contributed by atoms with Crippen molar-refractivity contribution in [3.05, 3.63) is 101 Å². The molecule has 6 nitrogen and oxygen atoms in total. The van der Waals surface area contributed by atoms with Gasteiger partial charge in [-0.1, -0.05) is 24.3 Å². The van der Waals surface area contributed by atoms with Crippen molar-refractivity contribution >= 4 is 23.3 Å². The molecule has 162 valence electrons. The molecule has 0 aliphatic rings. The molecule has 1 N–H and O–H groups in total. The van der Waals surface area contributed by atoms with Crippen molar-refractivity contribution in [3.8, 4) is 11.4 Å². The van der Waals surface area contributed by atoms with Crippen molar-refractivity contribution in [2.45, 2.75) is 26.5 Å². The second-order valence-corrected chi connectivity index (χ2v) is 8.40. The maximum atomic E-state index is 12.3. The molecule has 1 atom stereocenters. The van der Waals surface area contributed by atoms with E-state index in [2.05, 4.69) is 15.3 Å². The van der Waals surface area contributed by atoms with Crippen LogP contribution in [0.1, 0.15) is 34.8 Å². The summed E-state index contributed by atoms with van der Waals surface area (Å²) in [7, 11) is 0. The van der Waals surface area contributed by atoms with E-state index < -0.39 is 0 Å². The summed E-state index contributed by atoms with van der Waals surface area (Å²) in [4.78, 5) is 20.8. The number of hydrogen-bond donors (Lipinski definition) is 1. The molecule has 0 spiro atoms. The molecule has 0 radical (unpaired) electrons. The number of nitrogens with one attached hydrogen (secondary N) is 1. The quantitative estimate of drug-likeness (QED) is 0.384. The molecular formula is C25H24N4O2S. The number of rotatable bonds is 8. The van der Waals surface area contributed by atoms with Crippen LogP contribution < -0.4 is 10.1 Å². The van der Waals surface area contributed by atoms with Crippen LogP contribution in [0.2, 0.25) is 0 Å². The van der Waals surface area contributed by atoms with E-state index in [0.717, 1.165) is 33.3 Å². The summed E-state index contributed by atoms with van der Waals surface area (Å²) in [6.45, 7) is 4.39. The number of nitrogens with zero attached hydrogens (tertiary/aromatic N) is 3. The van der Waals surface area contributed by atoms with Crippen molar-refractivity contribution < 1.29 is 9.53 Å². The van der Waals surface area contributed by atoms with Gasteiger partial charge in [-0.15, -0.1) is 11.3 Å². The van der Waals surface area contributed by atoms with Gasteiger partial charge in [0.1, 0.15) is 12.4 Å². The predicted octanol–water partition coefficient (Wildman–Crippen LogP) is 5.11. The summed E-state index contributed by atoms with van der Waals surface area (Å²) in [6.07, 6.45) is 8.73. The lowest BCUT2D eigenvalue weighted by Crippen LogP contribution is -2.24. The molecule has 2 aromatic carbocycles. The Morgan fingerprint density at radius 3 is 2.62 bits per heavy atom. The Bertz CT molecular complexity index is 1180. The molecule has 1 amide bonds. The third-order valence-electron chi connectivity index (χ3n) is 4.91. The van der Waals surface area contributed by atoms with E-state index in [0.29, 0.717) is 6.61 Å². The monoisotopic (exact) mass is 444 g/mol. The van der Waals surface area contributed by atoms with E-state index >= 15 is 0 Å². The number of amides is 1. The fourth-order valence-corrected chi connectivity index (χ4v) is 3.77. The summed E-state index contributed by atoms with van der Waals surface area (Å²) in [5.74, 6) is 0.625. The van der Waals surface area contributed by atoms with Gasteiger partial charge >= 0.3 is 0 Å². The lowest BCUT2D eigenvalue weighted by molar-refractivity contribution is -0.117. The van der Waals surface area contributed by atoms with Crippen molar-refractivity contribution in [2.24, 2.45) is 0 Å². The fraction of sp³-hybridized carbons (Fsp3) is 0.160. The Morgan fingerprint density at radius 2 is 1.97 bits per heavy atom. The lowest BCUT2D eigenvalue weighted by atomic mass is 10.1. The first-order valence-corrected chi connectivity index (χ1v) is 11.2. The van der Waals surface area contributed by atoms with Gasteiger partial charge in [-0.3, -0.25) is 4.79 Å². The Hall–Kier alpha value is -3.71. The molecule has 0 aliphatic heterocycles. The Balaban J connectivity index is 1.28. The number of imidazole rings is 1. The van der Waals surface area contributed by atoms with Crippen LogP contribution in [0.4, 0.5) is 0 Å². The van der Waals surface area contributed by atoms with Crippen LogP contribution in [0.15, 0.2) is 78.7 Å². The number of aryl methyl sites for hydroxylation is 1. The van der Waals surface area contributed by atoms with Gasteiger partial charge in [0.25, 0.3) is 0 Å². The number of hydrogen-bond acceptors (Lipinski definition) is 5. The molecule has 2 heterocycles. The van der Waals surface area contributed by atoms with E-state index in [1.54, 1.807) is 36.0 Å². The van der Waals surface area contributed by atoms with Crippen LogP contribution in [0.5, 0.6) is 5.75 Å². The highest BCUT2D eigenvalue weighted by Gasteiger charge is 2.08. The smallest absolute Gasteiger partial charge is 0.244 e. The standard InChI is InChI=1S/C25H24N4O2S/c1-18(21-6-8-23(9-7-21)29-14-13-26-17-29)27-25(30)12-5-20-3-10-24(11-4-20)31-15-22-16-32-19(2)28-22/h3-14,16-18H,15H2,1-2H3,(H,27,30). The molecule has 0 bridgehead atoms. The summed E-state index contributed by atoms with van der Waals surface area (Å²) in [6, 6.07) is 15.6. The number of thiazole rings is 1. The summed E-state index contributed by atoms with van der Waals surface area (Å²) >= 11 is 1.61. The number of benzene rings is 2. The Kier molecular flexibility index (Phi) is 6.77. The summed E-state index contributed by atoms with van der Waals surface area (Å²) in [5.41, 5.74) is 3.92. The highest BCUT2D eigenvalue weighted by Crippen LogP contribution is 2.17. The molecule has 4 rings (SSSR count). The van der Waals surface area contributed by atoms with Gasteiger partial charge in [0.15, 0.2) is 0 Å². The zero-order valence-electron chi connectivity index (χ0n) is 17.9. The van der Waals surface area contributed by atoms with Crippen LogP contribution >= 0.6 is 11.3 Å². The minimum Gasteiger partial charge on any atom is -0.487 e. The molecule has 2 aromatic heterocycles. The molecule has 7 heteroatoms. The maximum absolute atomic E-state index is 12.3. The molecule has 32 heavy (non-hydrogen) atoms. The second-order valence-electron chi connectivity index (χ2n) is 7.34. The number of aromatic nitrogens is 3. The van der Waals surface area contributed by atoms with E-state index in [1.807, 2.05) is 78.5 Å². The van der Waals surface area contributed by atoms with E-state index in [4.69, 9.17) is 4.74 Å². The average molecular weight is 445 g/mol. The minimum absolute atomic E-state index is 0.103. The van der Waals surface area contributed by atoms with Gasteiger partial charge in [-0.05, 0) is 55.3 Å². The Morgan fingerprint density at radius 1 is 1.19 bits per heavy atom. The van der Waals surface area contributed by atoms with Crippen LogP contribution in [-0.4, -0.2) is 20.4 Å². The SMILES string of the molecule is Cc1nc(COc2ccc(C=CC(=O)NC(C)c3ccc(-n4ccnc4)cc3)cc2)cs1. The molecule has 0 fully saturated rings. The third-order valence-corrected chi connectivity index (χ3v) is 5.74. The number of ether oxygens (including phenoxy) is 1. The first-order chi connectivity index (χ1) is 15.6. The van der Waals surface area contributed by atoms with Crippen LogP contribution in [0.3, 0.4) is 0 Å². The first-order valence-electron chi connectivity index (χ1n) is 10.3. The molecule has 4 aromatic rings. The highest BCUT2D eigenvalue weighted by molar-refractivity contribution is 7.09. The summed E-state index contributed by atoms with van der Waals surface area (Å²) in [5, 5.41) is 6.03. The molecule has 0 saturated carbocycles. The third kappa shape index (κ3) is 5.70. The van der Waals surface area contributed by atoms with Gasteiger partial charge < -0.3 is 14.6 Å². The Labute approximate surface area is 191 Å². The topological polar surface area (TPSA) is 69.0 Å². The van der Waals surface area contributed by atoms with Gasteiger partial charge in [0.05, 0.1) is 23.1 Å². The second kappa shape index (κ2) is 10.1. The zero-order valence-corrected chi connectivity index (χ0v) is 18.8. The number of carbonyl (C=O) groups is 1. The van der Waals surface area contributed by atoms with Crippen LogP contribution in [-0.2, 0) is 11.4 Å². The van der Waals surface area contributed by atoms with Crippen molar-refractivity contribution in [1.29, 1.82) is 0 Å². The number of carbonyl (C=O) groups excluding carboxylic acids is 1. The van der Waals surface area contributed by atoms with Crippen LogP contribution in [0, 0.1) is 6.92 Å². The van der Waals surface area contributed by atoms with Crippen LogP contribution in [0.25, 0.3) is 11.8 Å². The van der Waals surface area contributed by atoms with Crippen molar-refractivity contribution in [3.63, 3.8) is 0 Å². The lowest BCUT2D eigenvalue weighted by Gasteiger charge is -2.13. The van der Waals surface area contributed by atoms with Gasteiger partial charge in [-0.25, -0.2) is 9.97 Å². The average Bonchev–Trinajstić information content (AvgIpc) is 3.49.